The van der Waals surface area contributed by atoms with Gasteiger partial charge in [0.15, 0.2) is 0 Å². The molecule has 1 N–H and O–H groups in total. The lowest BCUT2D eigenvalue weighted by Crippen LogP contribution is -2.09. The van der Waals surface area contributed by atoms with Crippen LogP contribution in [0.2, 0.25) is 0 Å². The highest BCUT2D eigenvalue weighted by Crippen LogP contribution is 2.22. The van der Waals surface area contributed by atoms with Crippen molar-refractivity contribution in [3.63, 3.8) is 0 Å². The van der Waals surface area contributed by atoms with E-state index in [2.05, 4.69) is 0 Å². The second-order valence-corrected chi connectivity index (χ2v) is 4.75. The van der Waals surface area contributed by atoms with Crippen molar-refractivity contribution < 1.29 is 19.6 Å². The van der Waals surface area contributed by atoms with E-state index in [1.165, 1.54) is 12.1 Å². The average molecular weight is 301 g/mol. The summed E-state index contributed by atoms with van der Waals surface area (Å²) in [5.74, 6) is -0.525. The van der Waals surface area contributed by atoms with Crippen molar-refractivity contribution in [3.8, 4) is 0 Å². The van der Waals surface area contributed by atoms with Gasteiger partial charge in [0.25, 0.3) is 5.69 Å². The Morgan fingerprint density at radius 1 is 1.27 bits per heavy atom. The molecule has 0 saturated carbocycles. The second kappa shape index (κ2) is 6.82. The first-order valence-corrected chi connectivity index (χ1v) is 6.66. The van der Waals surface area contributed by atoms with Gasteiger partial charge in [-0.1, -0.05) is 24.3 Å². The standard InChI is InChI=1S/C16H15NO5/c1-11(14-3-2-4-15(9-14)17(20)21)22-16(19)13-7-5-12(10-18)6-8-13/h2-9,11,18H,10H2,1H3/t11-/m1/s1. The maximum Gasteiger partial charge on any atom is 0.338 e. The van der Waals surface area contributed by atoms with E-state index in [9.17, 15) is 14.9 Å². The van der Waals surface area contributed by atoms with Crippen molar-refractivity contribution in [2.75, 3.05) is 0 Å². The highest BCUT2D eigenvalue weighted by molar-refractivity contribution is 5.89. The number of hydrogen-bond donors (Lipinski definition) is 1. The van der Waals surface area contributed by atoms with Gasteiger partial charge in [-0.2, -0.15) is 0 Å². The lowest BCUT2D eigenvalue weighted by molar-refractivity contribution is -0.385. The van der Waals surface area contributed by atoms with E-state index in [0.29, 0.717) is 16.7 Å². The smallest absolute Gasteiger partial charge is 0.338 e. The van der Waals surface area contributed by atoms with Crippen LogP contribution in [-0.2, 0) is 11.3 Å². The number of benzene rings is 2. The van der Waals surface area contributed by atoms with E-state index in [1.54, 1.807) is 43.3 Å². The summed E-state index contributed by atoms with van der Waals surface area (Å²) in [5.41, 5.74) is 1.56. The molecule has 0 heterocycles. The van der Waals surface area contributed by atoms with Gasteiger partial charge in [0, 0.05) is 12.1 Å². The SMILES string of the molecule is C[C@@H](OC(=O)c1ccc(CO)cc1)c1cccc([N+](=O)[O-])c1. The van der Waals surface area contributed by atoms with Crippen LogP contribution in [0.25, 0.3) is 0 Å². The Morgan fingerprint density at radius 3 is 2.55 bits per heavy atom. The second-order valence-electron chi connectivity index (χ2n) is 4.75. The Kier molecular flexibility index (Phi) is 4.85. The molecule has 0 aliphatic heterocycles. The summed E-state index contributed by atoms with van der Waals surface area (Å²) in [4.78, 5) is 22.3. The molecule has 0 saturated heterocycles. The summed E-state index contributed by atoms with van der Waals surface area (Å²) in [6, 6.07) is 12.4. The maximum absolute atomic E-state index is 12.0. The van der Waals surface area contributed by atoms with Gasteiger partial charge in [0.2, 0.25) is 0 Å². The molecule has 0 aliphatic carbocycles. The van der Waals surface area contributed by atoms with E-state index in [1.807, 2.05) is 0 Å². The van der Waals surface area contributed by atoms with Gasteiger partial charge in [0.1, 0.15) is 6.10 Å². The Balaban J connectivity index is 2.10. The predicted octanol–water partition coefficient (Wildman–Crippen LogP) is 3.01. The first-order chi connectivity index (χ1) is 10.5. The van der Waals surface area contributed by atoms with Crippen molar-refractivity contribution in [1.82, 2.24) is 0 Å². The number of non-ortho nitro benzene ring substituents is 1. The molecule has 22 heavy (non-hydrogen) atoms. The van der Waals surface area contributed by atoms with E-state index in [-0.39, 0.29) is 12.3 Å². The normalized spacial score (nSPS) is 11.7. The Bertz CT molecular complexity index is 681. The number of ether oxygens (including phenoxy) is 1. The summed E-state index contributed by atoms with van der Waals surface area (Å²) in [7, 11) is 0. The summed E-state index contributed by atoms with van der Waals surface area (Å²) >= 11 is 0. The van der Waals surface area contributed by atoms with Crippen LogP contribution in [0, 0.1) is 10.1 Å². The monoisotopic (exact) mass is 301 g/mol. The van der Waals surface area contributed by atoms with Crippen molar-refractivity contribution in [2.45, 2.75) is 19.6 Å². The molecule has 6 nitrogen and oxygen atoms in total. The van der Waals surface area contributed by atoms with Crippen LogP contribution in [0.4, 0.5) is 5.69 Å². The maximum atomic E-state index is 12.0. The third kappa shape index (κ3) is 3.67. The van der Waals surface area contributed by atoms with Crippen LogP contribution in [0.3, 0.4) is 0 Å². The molecule has 0 radical (unpaired) electrons. The van der Waals surface area contributed by atoms with E-state index < -0.39 is 17.0 Å². The zero-order valence-electron chi connectivity index (χ0n) is 11.9. The predicted molar refractivity (Wildman–Crippen MR) is 79.3 cm³/mol. The Morgan fingerprint density at radius 2 is 1.95 bits per heavy atom. The minimum atomic E-state index is -0.607. The van der Waals surface area contributed by atoms with Gasteiger partial charge in [-0.25, -0.2) is 4.79 Å². The van der Waals surface area contributed by atoms with E-state index in [4.69, 9.17) is 9.84 Å². The van der Waals surface area contributed by atoms with Crippen LogP contribution in [0.1, 0.15) is 34.5 Å². The Hall–Kier alpha value is -2.73. The van der Waals surface area contributed by atoms with Gasteiger partial charge >= 0.3 is 5.97 Å². The van der Waals surface area contributed by atoms with Crippen LogP contribution in [-0.4, -0.2) is 16.0 Å². The first-order valence-electron chi connectivity index (χ1n) is 6.66. The molecule has 2 aromatic rings. The molecular formula is C16H15NO5. The molecule has 0 aliphatic rings. The molecule has 2 rings (SSSR count). The lowest BCUT2D eigenvalue weighted by atomic mass is 10.1. The Labute approximate surface area is 127 Å². The summed E-state index contributed by atoms with van der Waals surface area (Å²) < 4.78 is 5.31. The molecule has 0 aromatic heterocycles. The highest BCUT2D eigenvalue weighted by atomic mass is 16.6. The summed E-state index contributed by atoms with van der Waals surface area (Å²) in [6.07, 6.45) is -0.607. The zero-order valence-corrected chi connectivity index (χ0v) is 11.9. The third-order valence-electron chi connectivity index (χ3n) is 3.21. The van der Waals surface area contributed by atoms with Crippen LogP contribution < -0.4 is 0 Å². The molecule has 0 amide bonds. The topological polar surface area (TPSA) is 89.7 Å². The molecule has 0 unspecified atom stereocenters. The number of rotatable bonds is 5. The fourth-order valence-corrected chi connectivity index (χ4v) is 1.93. The number of carbonyl (C=O) groups is 1. The van der Waals surface area contributed by atoms with Crippen molar-refractivity contribution in [3.05, 3.63) is 75.3 Å². The minimum absolute atomic E-state index is 0.0484. The van der Waals surface area contributed by atoms with Gasteiger partial charge in [-0.15, -0.1) is 0 Å². The average Bonchev–Trinajstić information content (AvgIpc) is 2.54. The number of nitrogens with zero attached hydrogens (tertiary/aromatic N) is 1. The fourth-order valence-electron chi connectivity index (χ4n) is 1.93. The zero-order chi connectivity index (χ0) is 16.1. The van der Waals surface area contributed by atoms with E-state index in [0.717, 1.165) is 0 Å². The van der Waals surface area contributed by atoms with Crippen molar-refractivity contribution in [2.24, 2.45) is 0 Å². The summed E-state index contributed by atoms with van der Waals surface area (Å²) in [5, 5.41) is 19.7. The molecule has 2 aromatic carbocycles. The number of nitro groups is 1. The van der Waals surface area contributed by atoms with Crippen LogP contribution in [0.15, 0.2) is 48.5 Å². The number of nitro benzene ring substituents is 1. The molecule has 114 valence electrons. The number of aliphatic hydroxyl groups excluding tert-OH is 1. The molecule has 0 bridgehead atoms. The number of hydrogen-bond acceptors (Lipinski definition) is 5. The molecule has 0 fully saturated rings. The van der Waals surface area contributed by atoms with Gasteiger partial charge < -0.3 is 9.84 Å². The molecule has 6 heteroatoms. The van der Waals surface area contributed by atoms with Crippen molar-refractivity contribution in [1.29, 1.82) is 0 Å². The van der Waals surface area contributed by atoms with Gasteiger partial charge in [0.05, 0.1) is 17.1 Å². The quantitative estimate of drug-likeness (QED) is 0.521. The molecular weight excluding hydrogens is 286 g/mol. The highest BCUT2D eigenvalue weighted by Gasteiger charge is 2.16. The third-order valence-corrected chi connectivity index (χ3v) is 3.21. The van der Waals surface area contributed by atoms with Crippen LogP contribution >= 0.6 is 0 Å². The first kappa shape index (κ1) is 15.7. The van der Waals surface area contributed by atoms with Gasteiger partial charge in [-0.3, -0.25) is 10.1 Å². The summed E-state index contributed by atoms with van der Waals surface area (Å²) in [6.45, 7) is 1.55. The minimum Gasteiger partial charge on any atom is -0.454 e. The number of aliphatic hydroxyl groups is 1. The van der Waals surface area contributed by atoms with E-state index >= 15 is 0 Å². The van der Waals surface area contributed by atoms with Gasteiger partial charge in [-0.05, 0) is 30.2 Å². The number of esters is 1. The molecule has 0 spiro atoms. The largest absolute Gasteiger partial charge is 0.454 e. The fraction of sp³-hybridized carbons (Fsp3) is 0.188. The van der Waals surface area contributed by atoms with Crippen molar-refractivity contribution >= 4 is 11.7 Å². The van der Waals surface area contributed by atoms with Crippen LogP contribution in [0.5, 0.6) is 0 Å². The lowest BCUT2D eigenvalue weighted by Gasteiger charge is -2.13. The molecule has 1 atom stereocenters. The number of carbonyl (C=O) groups excluding carboxylic acids is 1.